The number of carbonyl (C=O) groups is 1. The van der Waals surface area contributed by atoms with E-state index in [1.807, 2.05) is 0 Å². The van der Waals surface area contributed by atoms with Gasteiger partial charge in [-0.2, -0.15) is 0 Å². The molecule has 6 heteroatoms. The summed E-state index contributed by atoms with van der Waals surface area (Å²) >= 11 is 0. The second kappa shape index (κ2) is 7.06. The maximum absolute atomic E-state index is 12.9. The molecule has 1 N–H and O–H groups in total. The molecule has 1 aromatic heterocycles. The Hall–Kier alpha value is -2.99. The highest BCUT2D eigenvalue weighted by molar-refractivity contribution is 5.75. The van der Waals surface area contributed by atoms with Crippen LogP contribution in [0.3, 0.4) is 0 Å². The minimum Gasteiger partial charge on any atom is -0.487 e. The third-order valence-electron chi connectivity index (χ3n) is 3.41. The summed E-state index contributed by atoms with van der Waals surface area (Å²) in [6, 6.07) is 10.6. The number of ether oxygens (including phenoxy) is 1. The van der Waals surface area contributed by atoms with Crippen LogP contribution in [0.4, 0.5) is 4.39 Å². The lowest BCUT2D eigenvalue weighted by atomic mass is 10.1. The van der Waals surface area contributed by atoms with Crippen LogP contribution in [0.25, 0.3) is 11.5 Å². The van der Waals surface area contributed by atoms with E-state index in [0.29, 0.717) is 40.3 Å². The number of benzene rings is 2. The highest BCUT2D eigenvalue weighted by atomic mass is 19.1. The van der Waals surface area contributed by atoms with E-state index in [4.69, 9.17) is 9.15 Å². The fourth-order valence-electron chi connectivity index (χ4n) is 2.19. The van der Waals surface area contributed by atoms with E-state index in [2.05, 4.69) is 4.98 Å². The van der Waals surface area contributed by atoms with Crippen LogP contribution < -0.4 is 4.74 Å². The summed E-state index contributed by atoms with van der Waals surface area (Å²) in [4.78, 5) is 15.0. The van der Waals surface area contributed by atoms with Gasteiger partial charge in [0.1, 0.15) is 36.4 Å². The highest BCUT2D eigenvalue weighted by Crippen LogP contribution is 2.23. The molecule has 122 valence electrons. The Balaban J connectivity index is 1.71. The van der Waals surface area contributed by atoms with Gasteiger partial charge in [0, 0.05) is 16.7 Å². The number of aliphatic hydroxyl groups excluding tert-OH is 1. The fraction of sp³-hybridized carbons (Fsp3) is 0.111. The molecule has 24 heavy (non-hydrogen) atoms. The number of aldehydes is 1. The Labute approximate surface area is 137 Å². The van der Waals surface area contributed by atoms with Gasteiger partial charge in [-0.05, 0) is 42.5 Å². The molecule has 3 aromatic rings. The van der Waals surface area contributed by atoms with Crippen LogP contribution >= 0.6 is 0 Å². The first-order valence-electron chi connectivity index (χ1n) is 7.21. The van der Waals surface area contributed by atoms with Crippen molar-refractivity contribution in [1.29, 1.82) is 0 Å². The zero-order chi connectivity index (χ0) is 16.9. The lowest BCUT2D eigenvalue weighted by Crippen LogP contribution is -2.00. The van der Waals surface area contributed by atoms with Crippen molar-refractivity contribution in [3.63, 3.8) is 0 Å². The summed E-state index contributed by atoms with van der Waals surface area (Å²) in [6.07, 6.45) is 2.16. The van der Waals surface area contributed by atoms with Gasteiger partial charge in [0.05, 0.1) is 6.61 Å². The summed E-state index contributed by atoms with van der Waals surface area (Å²) in [6.45, 7) is -0.102. The first-order chi connectivity index (χ1) is 11.7. The third-order valence-corrected chi connectivity index (χ3v) is 3.41. The van der Waals surface area contributed by atoms with Crippen molar-refractivity contribution in [2.45, 2.75) is 13.2 Å². The summed E-state index contributed by atoms with van der Waals surface area (Å²) in [7, 11) is 0. The molecule has 0 spiro atoms. The van der Waals surface area contributed by atoms with E-state index in [9.17, 15) is 14.3 Å². The third kappa shape index (κ3) is 3.49. The van der Waals surface area contributed by atoms with Crippen LogP contribution in [0.2, 0.25) is 0 Å². The molecule has 0 unspecified atom stereocenters. The van der Waals surface area contributed by atoms with Crippen LogP contribution in [0.1, 0.15) is 21.6 Å². The van der Waals surface area contributed by atoms with Gasteiger partial charge in [0.2, 0.25) is 5.89 Å². The van der Waals surface area contributed by atoms with E-state index >= 15 is 0 Å². The molecule has 0 atom stereocenters. The van der Waals surface area contributed by atoms with Crippen LogP contribution in [0.5, 0.6) is 5.75 Å². The number of oxazole rings is 1. The van der Waals surface area contributed by atoms with Gasteiger partial charge in [-0.25, -0.2) is 9.37 Å². The molecule has 2 aromatic carbocycles. The van der Waals surface area contributed by atoms with Crippen LogP contribution in [-0.4, -0.2) is 16.4 Å². The number of nitrogens with zero attached hydrogens (tertiary/aromatic N) is 1. The molecule has 0 saturated carbocycles. The highest BCUT2D eigenvalue weighted by Gasteiger charge is 2.09. The Morgan fingerprint density at radius 3 is 2.71 bits per heavy atom. The van der Waals surface area contributed by atoms with Gasteiger partial charge in [0.25, 0.3) is 0 Å². The Morgan fingerprint density at radius 1 is 1.21 bits per heavy atom. The molecule has 0 aliphatic carbocycles. The van der Waals surface area contributed by atoms with Crippen LogP contribution in [-0.2, 0) is 13.2 Å². The monoisotopic (exact) mass is 327 g/mol. The average molecular weight is 327 g/mol. The van der Waals surface area contributed by atoms with E-state index in [-0.39, 0.29) is 19.0 Å². The molecule has 0 aliphatic heterocycles. The quantitative estimate of drug-likeness (QED) is 0.703. The molecule has 0 radical (unpaired) electrons. The average Bonchev–Trinajstić information content (AvgIpc) is 3.09. The number of rotatable bonds is 6. The molecular formula is C18H14FNO4. The van der Waals surface area contributed by atoms with Gasteiger partial charge in [-0.15, -0.1) is 0 Å². The van der Waals surface area contributed by atoms with E-state index in [1.54, 1.807) is 30.3 Å². The number of halogens is 1. The number of hydrogen-bond acceptors (Lipinski definition) is 5. The largest absolute Gasteiger partial charge is 0.487 e. The van der Waals surface area contributed by atoms with Crippen molar-refractivity contribution in [1.82, 2.24) is 4.98 Å². The van der Waals surface area contributed by atoms with Gasteiger partial charge in [-0.3, -0.25) is 4.79 Å². The van der Waals surface area contributed by atoms with E-state index in [1.165, 1.54) is 18.4 Å². The standard InChI is InChI=1S/C18H14FNO4/c19-15-4-2-13(3-5-15)18-20-16(11-24-18)10-23-17-6-1-12(8-21)7-14(17)9-22/h1-8,11,22H,9-10H2. The first kappa shape index (κ1) is 15.9. The van der Waals surface area contributed by atoms with Crippen molar-refractivity contribution < 1.29 is 23.4 Å². The van der Waals surface area contributed by atoms with Gasteiger partial charge >= 0.3 is 0 Å². The maximum Gasteiger partial charge on any atom is 0.226 e. The zero-order valence-electron chi connectivity index (χ0n) is 12.6. The Bertz CT molecular complexity index is 842. The molecule has 3 rings (SSSR count). The normalized spacial score (nSPS) is 10.6. The van der Waals surface area contributed by atoms with Gasteiger partial charge < -0.3 is 14.3 Å². The zero-order valence-corrected chi connectivity index (χ0v) is 12.6. The summed E-state index contributed by atoms with van der Waals surface area (Å²) in [5.74, 6) is 0.505. The number of aliphatic hydroxyl groups is 1. The predicted octanol–water partition coefficient (Wildman–Crippen LogP) is 3.36. The molecule has 0 amide bonds. The number of carbonyl (C=O) groups excluding carboxylic acids is 1. The summed E-state index contributed by atoms with van der Waals surface area (Å²) < 4.78 is 23.9. The van der Waals surface area contributed by atoms with Crippen molar-refractivity contribution in [3.8, 4) is 17.2 Å². The molecular weight excluding hydrogens is 313 g/mol. The second-order valence-corrected chi connectivity index (χ2v) is 5.08. The van der Waals surface area contributed by atoms with Crippen LogP contribution in [0, 0.1) is 5.82 Å². The van der Waals surface area contributed by atoms with Crippen LogP contribution in [0.15, 0.2) is 53.1 Å². The summed E-state index contributed by atoms with van der Waals surface area (Å²) in [5, 5.41) is 9.35. The van der Waals surface area contributed by atoms with E-state index in [0.717, 1.165) is 0 Å². The van der Waals surface area contributed by atoms with Crippen molar-refractivity contribution in [2.75, 3.05) is 0 Å². The lowest BCUT2D eigenvalue weighted by Gasteiger charge is -2.09. The van der Waals surface area contributed by atoms with Crippen molar-refractivity contribution in [2.24, 2.45) is 0 Å². The minimum atomic E-state index is -0.329. The predicted molar refractivity (Wildman–Crippen MR) is 84.0 cm³/mol. The fourth-order valence-corrected chi connectivity index (χ4v) is 2.19. The number of aromatic nitrogens is 1. The minimum absolute atomic E-state index is 0.137. The van der Waals surface area contributed by atoms with E-state index < -0.39 is 0 Å². The molecule has 1 heterocycles. The second-order valence-electron chi connectivity index (χ2n) is 5.08. The Morgan fingerprint density at radius 2 is 2.00 bits per heavy atom. The smallest absolute Gasteiger partial charge is 0.226 e. The van der Waals surface area contributed by atoms with Crippen molar-refractivity contribution in [3.05, 3.63) is 71.4 Å². The maximum atomic E-state index is 12.9. The lowest BCUT2D eigenvalue weighted by molar-refractivity contribution is 0.112. The first-order valence-corrected chi connectivity index (χ1v) is 7.21. The number of hydrogen-bond donors (Lipinski definition) is 1. The van der Waals surface area contributed by atoms with Gasteiger partial charge in [-0.1, -0.05) is 0 Å². The molecule has 5 nitrogen and oxygen atoms in total. The Kier molecular flexibility index (Phi) is 4.67. The molecule has 0 saturated heterocycles. The van der Waals surface area contributed by atoms with Gasteiger partial charge in [0.15, 0.2) is 0 Å². The van der Waals surface area contributed by atoms with Crippen molar-refractivity contribution >= 4 is 6.29 Å². The SMILES string of the molecule is O=Cc1ccc(OCc2coc(-c3ccc(F)cc3)n2)c(CO)c1. The molecule has 0 bridgehead atoms. The molecule has 0 aliphatic rings. The molecule has 0 fully saturated rings. The topological polar surface area (TPSA) is 72.6 Å². The summed E-state index contributed by atoms with van der Waals surface area (Å²) in [5.41, 5.74) is 2.19.